The van der Waals surface area contributed by atoms with Crippen LogP contribution >= 0.6 is 0 Å². The Labute approximate surface area is 99.5 Å². The van der Waals surface area contributed by atoms with Crippen LogP contribution in [0.3, 0.4) is 0 Å². The maximum absolute atomic E-state index is 5.82. The molecular weight excluding hydrogens is 196 g/mol. The second kappa shape index (κ2) is 7.15. The highest BCUT2D eigenvalue weighted by Gasteiger charge is 2.04. The number of hydrogen-bond donors (Lipinski definition) is 1. The van der Waals surface area contributed by atoms with Crippen LogP contribution in [-0.2, 0) is 0 Å². The van der Waals surface area contributed by atoms with Gasteiger partial charge in [0.05, 0.1) is 0 Å². The van der Waals surface area contributed by atoms with Crippen molar-refractivity contribution in [2.24, 2.45) is 0 Å². The van der Waals surface area contributed by atoms with E-state index in [-0.39, 0.29) is 0 Å². The summed E-state index contributed by atoms with van der Waals surface area (Å²) in [6, 6.07) is 8.20. The Bertz CT molecular complexity index is 297. The van der Waals surface area contributed by atoms with Crippen molar-refractivity contribution >= 4 is 11.4 Å². The van der Waals surface area contributed by atoms with E-state index >= 15 is 0 Å². The Morgan fingerprint density at radius 1 is 1.06 bits per heavy atom. The molecule has 0 aromatic heterocycles. The predicted molar refractivity (Wildman–Crippen MR) is 72.9 cm³/mol. The number of hydrogen-bond acceptors (Lipinski definition) is 2. The molecule has 0 saturated heterocycles. The van der Waals surface area contributed by atoms with Crippen molar-refractivity contribution < 1.29 is 0 Å². The molecule has 0 aliphatic heterocycles. The predicted octanol–water partition coefficient (Wildman–Crippen LogP) is 3.68. The first-order chi connectivity index (χ1) is 7.77. The highest BCUT2D eigenvalue weighted by Crippen LogP contribution is 2.18. The average Bonchev–Trinajstić information content (AvgIpc) is 2.28. The van der Waals surface area contributed by atoms with Gasteiger partial charge in [-0.25, -0.2) is 0 Å². The third kappa shape index (κ3) is 4.13. The van der Waals surface area contributed by atoms with Crippen molar-refractivity contribution in [2.45, 2.75) is 39.5 Å². The average molecular weight is 220 g/mol. The molecule has 16 heavy (non-hydrogen) atoms. The number of anilines is 2. The molecule has 1 aromatic carbocycles. The summed E-state index contributed by atoms with van der Waals surface area (Å²) in [5.74, 6) is 0. The maximum atomic E-state index is 5.82. The summed E-state index contributed by atoms with van der Waals surface area (Å²) in [7, 11) is 0. The van der Waals surface area contributed by atoms with Crippen LogP contribution in [0, 0.1) is 0 Å². The van der Waals surface area contributed by atoms with E-state index in [9.17, 15) is 0 Å². The topological polar surface area (TPSA) is 29.3 Å². The molecule has 0 radical (unpaired) electrons. The van der Waals surface area contributed by atoms with E-state index in [0.717, 1.165) is 18.8 Å². The van der Waals surface area contributed by atoms with Crippen molar-refractivity contribution in [3.63, 3.8) is 0 Å². The van der Waals surface area contributed by atoms with Gasteiger partial charge in [0.1, 0.15) is 0 Å². The number of unbranched alkanes of at least 4 members (excludes halogenated alkanes) is 2. The number of nitrogens with two attached hydrogens (primary N) is 1. The van der Waals surface area contributed by atoms with Gasteiger partial charge in [-0.05, 0) is 31.0 Å². The molecule has 2 nitrogen and oxygen atoms in total. The van der Waals surface area contributed by atoms with E-state index in [2.05, 4.69) is 30.9 Å². The van der Waals surface area contributed by atoms with Crippen LogP contribution in [0.4, 0.5) is 11.4 Å². The Morgan fingerprint density at radius 2 is 1.88 bits per heavy atom. The lowest BCUT2D eigenvalue weighted by Crippen LogP contribution is -2.25. The van der Waals surface area contributed by atoms with Crippen molar-refractivity contribution in [3.8, 4) is 0 Å². The van der Waals surface area contributed by atoms with Crippen LogP contribution in [-0.4, -0.2) is 13.1 Å². The molecule has 2 heteroatoms. The molecule has 0 atom stereocenters. The minimum Gasteiger partial charge on any atom is -0.399 e. The fourth-order valence-corrected chi connectivity index (χ4v) is 1.91. The van der Waals surface area contributed by atoms with Crippen LogP contribution in [0.15, 0.2) is 24.3 Å². The van der Waals surface area contributed by atoms with Gasteiger partial charge in [0.2, 0.25) is 0 Å². The van der Waals surface area contributed by atoms with Gasteiger partial charge in [0, 0.05) is 24.5 Å². The molecule has 0 saturated carbocycles. The SMILES string of the molecule is CCCCCN(CCC)c1cccc(N)c1. The molecule has 0 fully saturated rings. The molecule has 1 rings (SSSR count). The summed E-state index contributed by atoms with van der Waals surface area (Å²) < 4.78 is 0. The minimum atomic E-state index is 0.856. The van der Waals surface area contributed by atoms with Gasteiger partial charge in [0.15, 0.2) is 0 Å². The fraction of sp³-hybridized carbons (Fsp3) is 0.571. The first-order valence-electron chi connectivity index (χ1n) is 6.38. The van der Waals surface area contributed by atoms with E-state index in [4.69, 9.17) is 5.73 Å². The Balaban J connectivity index is 2.61. The standard InChI is InChI=1S/C14H24N2/c1-3-5-6-11-16(10-4-2)14-9-7-8-13(15)12-14/h7-9,12H,3-6,10-11,15H2,1-2H3. The van der Waals surface area contributed by atoms with Crippen molar-refractivity contribution in [1.82, 2.24) is 0 Å². The second-order valence-corrected chi connectivity index (χ2v) is 4.29. The zero-order valence-electron chi connectivity index (χ0n) is 10.6. The first-order valence-corrected chi connectivity index (χ1v) is 6.38. The van der Waals surface area contributed by atoms with Crippen molar-refractivity contribution in [1.29, 1.82) is 0 Å². The molecule has 0 spiro atoms. The molecule has 0 bridgehead atoms. The Morgan fingerprint density at radius 3 is 2.50 bits per heavy atom. The molecule has 2 N–H and O–H groups in total. The molecule has 0 aliphatic rings. The second-order valence-electron chi connectivity index (χ2n) is 4.29. The van der Waals surface area contributed by atoms with E-state index < -0.39 is 0 Å². The molecule has 0 amide bonds. The zero-order valence-corrected chi connectivity index (χ0v) is 10.6. The number of benzene rings is 1. The van der Waals surface area contributed by atoms with E-state index in [0.29, 0.717) is 0 Å². The summed E-state index contributed by atoms with van der Waals surface area (Å²) in [4.78, 5) is 2.44. The molecule has 0 unspecified atom stereocenters. The minimum absolute atomic E-state index is 0.856. The molecule has 90 valence electrons. The summed E-state index contributed by atoms with van der Waals surface area (Å²) >= 11 is 0. The third-order valence-corrected chi connectivity index (χ3v) is 2.76. The lowest BCUT2D eigenvalue weighted by molar-refractivity contribution is 0.669. The summed E-state index contributed by atoms with van der Waals surface area (Å²) in [6.45, 7) is 6.72. The van der Waals surface area contributed by atoms with Crippen LogP contribution in [0.5, 0.6) is 0 Å². The zero-order chi connectivity index (χ0) is 11.8. The molecule has 0 aliphatic carbocycles. The van der Waals surface area contributed by atoms with Gasteiger partial charge < -0.3 is 10.6 Å². The van der Waals surface area contributed by atoms with E-state index in [1.54, 1.807) is 0 Å². The highest BCUT2D eigenvalue weighted by molar-refractivity contribution is 5.55. The highest BCUT2D eigenvalue weighted by atomic mass is 15.1. The van der Waals surface area contributed by atoms with Crippen LogP contribution in [0.2, 0.25) is 0 Å². The monoisotopic (exact) mass is 220 g/mol. The van der Waals surface area contributed by atoms with Gasteiger partial charge >= 0.3 is 0 Å². The van der Waals surface area contributed by atoms with Crippen LogP contribution in [0.1, 0.15) is 39.5 Å². The summed E-state index contributed by atoms with van der Waals surface area (Å²) in [6.07, 6.45) is 5.03. The van der Waals surface area contributed by atoms with Gasteiger partial charge in [-0.15, -0.1) is 0 Å². The number of nitrogen functional groups attached to an aromatic ring is 1. The summed E-state index contributed by atoms with van der Waals surface area (Å²) in [5.41, 5.74) is 7.94. The fourth-order valence-electron chi connectivity index (χ4n) is 1.91. The van der Waals surface area contributed by atoms with E-state index in [1.165, 1.54) is 31.4 Å². The van der Waals surface area contributed by atoms with Gasteiger partial charge in [-0.2, -0.15) is 0 Å². The quantitative estimate of drug-likeness (QED) is 0.561. The Kier molecular flexibility index (Phi) is 5.76. The van der Waals surface area contributed by atoms with Gasteiger partial charge in [0.25, 0.3) is 0 Å². The lowest BCUT2D eigenvalue weighted by Gasteiger charge is -2.24. The van der Waals surface area contributed by atoms with Crippen LogP contribution < -0.4 is 10.6 Å². The molecule has 1 aromatic rings. The summed E-state index contributed by atoms with van der Waals surface area (Å²) in [5, 5.41) is 0. The maximum Gasteiger partial charge on any atom is 0.0386 e. The normalized spacial score (nSPS) is 10.4. The molecular formula is C14H24N2. The van der Waals surface area contributed by atoms with E-state index in [1.807, 2.05) is 12.1 Å². The lowest BCUT2D eigenvalue weighted by atomic mass is 10.2. The Hall–Kier alpha value is -1.18. The number of rotatable bonds is 7. The first kappa shape index (κ1) is 12.9. The van der Waals surface area contributed by atoms with Crippen molar-refractivity contribution in [3.05, 3.63) is 24.3 Å². The van der Waals surface area contributed by atoms with Crippen molar-refractivity contribution in [2.75, 3.05) is 23.7 Å². The third-order valence-electron chi connectivity index (χ3n) is 2.76. The van der Waals surface area contributed by atoms with Crippen LogP contribution in [0.25, 0.3) is 0 Å². The largest absolute Gasteiger partial charge is 0.399 e. The number of nitrogens with zero attached hydrogens (tertiary/aromatic N) is 1. The van der Waals surface area contributed by atoms with Gasteiger partial charge in [-0.3, -0.25) is 0 Å². The van der Waals surface area contributed by atoms with Gasteiger partial charge in [-0.1, -0.05) is 32.8 Å². The smallest absolute Gasteiger partial charge is 0.0386 e. The molecule has 0 heterocycles.